The Kier molecular flexibility index (Phi) is 10.6. The van der Waals surface area contributed by atoms with E-state index in [1.54, 1.807) is 72.7 Å². The van der Waals surface area contributed by atoms with Gasteiger partial charge in [-0.2, -0.15) is 10.2 Å². The molecule has 0 radical (unpaired) electrons. The van der Waals surface area contributed by atoms with Crippen molar-refractivity contribution >= 4 is 40.3 Å². The van der Waals surface area contributed by atoms with Gasteiger partial charge in [-0.25, -0.2) is 18.7 Å². The van der Waals surface area contributed by atoms with Crippen molar-refractivity contribution < 1.29 is 18.8 Å². The van der Waals surface area contributed by atoms with Crippen LogP contribution < -0.4 is 17.1 Å². The molecule has 0 amide bonds. The number of nitrogens with two attached hydrogens (primary N) is 2. The Morgan fingerprint density at radius 3 is 1.68 bits per heavy atom. The van der Waals surface area contributed by atoms with Gasteiger partial charge in [0, 0.05) is 47.7 Å². The Balaban J connectivity index is 0.000000164. The number of rotatable bonds is 4. The topological polar surface area (TPSA) is 154 Å². The van der Waals surface area contributed by atoms with Crippen LogP contribution in [0.25, 0.3) is 33.8 Å². The van der Waals surface area contributed by atoms with E-state index in [0.29, 0.717) is 34.2 Å². The molecule has 0 aliphatic heterocycles. The van der Waals surface area contributed by atoms with Crippen molar-refractivity contribution in [3.8, 4) is 33.8 Å². The smallest absolute Gasteiger partial charge is 0.422 e. The molecule has 0 saturated carbocycles. The fraction of sp³-hybridized carbons (Fsp3) is 0.0667. The fourth-order valence-corrected chi connectivity index (χ4v) is 4.24. The first-order valence-corrected chi connectivity index (χ1v) is 13.9. The third-order valence-electron chi connectivity index (χ3n) is 6.19. The molecular weight excluding hydrogens is 633 g/mol. The van der Waals surface area contributed by atoms with Crippen molar-refractivity contribution in [3.63, 3.8) is 0 Å². The van der Waals surface area contributed by atoms with E-state index in [-0.39, 0.29) is 17.2 Å². The molecule has 0 atom stereocenters. The highest BCUT2D eigenvalue weighted by Crippen LogP contribution is 2.27. The second kappa shape index (κ2) is 14.5. The largest absolute Gasteiger partial charge is 0.507 e. The maximum atomic E-state index is 13.8. The number of nitrogen functional groups attached to an aromatic ring is 2. The molecule has 0 spiro atoms. The molecule has 0 saturated heterocycles. The van der Waals surface area contributed by atoms with Crippen molar-refractivity contribution in [1.82, 2.24) is 29.5 Å². The summed E-state index contributed by atoms with van der Waals surface area (Å²) in [5, 5.41) is 26.4. The van der Waals surface area contributed by atoms with Crippen LogP contribution in [-0.2, 0) is 14.1 Å². The molecule has 0 aliphatic rings. The van der Waals surface area contributed by atoms with Crippen LogP contribution in [0.3, 0.4) is 0 Å². The molecule has 4 heterocycles. The minimum atomic E-state index is -1.61. The number of aryl methyl sites for hydroxylation is 2. The number of nitrogens with zero attached hydrogens (tertiary/aromatic N) is 6. The highest BCUT2D eigenvalue weighted by Gasteiger charge is 2.19. The van der Waals surface area contributed by atoms with E-state index in [2.05, 4.69) is 36.1 Å². The van der Waals surface area contributed by atoms with Gasteiger partial charge in [0.2, 0.25) is 0 Å². The lowest BCUT2D eigenvalue weighted by atomic mass is 9.85. The molecule has 0 bridgehead atoms. The number of hydrogen-bond acceptors (Lipinski definition) is 8. The minimum Gasteiger partial charge on any atom is -0.422 e. The molecule has 6 N–H and O–H groups in total. The van der Waals surface area contributed by atoms with Gasteiger partial charge in [-0.1, -0.05) is 24.3 Å². The monoisotopic (exact) mass is 660 g/mol. The zero-order chi connectivity index (χ0) is 31.8. The van der Waals surface area contributed by atoms with E-state index >= 15 is 0 Å². The Bertz CT molecular complexity index is 1810. The number of hydrogen-bond donors (Lipinski definition) is 4. The fourth-order valence-electron chi connectivity index (χ4n) is 4.01. The van der Waals surface area contributed by atoms with Crippen LogP contribution in [0.15, 0.2) is 102 Å². The number of aromatic nitrogens is 6. The quantitative estimate of drug-likeness (QED) is 0.205. The van der Waals surface area contributed by atoms with Crippen LogP contribution in [0.1, 0.15) is 0 Å². The van der Waals surface area contributed by atoms with Gasteiger partial charge in [-0.05, 0) is 76.6 Å². The van der Waals surface area contributed by atoms with Gasteiger partial charge in [-0.3, -0.25) is 9.36 Å². The molecule has 2 aromatic carbocycles. The third-order valence-corrected chi connectivity index (χ3v) is 6.66. The van der Waals surface area contributed by atoms with Gasteiger partial charge in [0.05, 0.1) is 22.7 Å². The third kappa shape index (κ3) is 8.13. The lowest BCUT2D eigenvalue weighted by Gasteiger charge is -2.00. The van der Waals surface area contributed by atoms with Crippen LogP contribution in [0, 0.1) is 11.6 Å². The summed E-state index contributed by atoms with van der Waals surface area (Å²) in [4.78, 5) is 7.87. The van der Waals surface area contributed by atoms with Crippen LogP contribution in [0.2, 0.25) is 0 Å². The molecule has 6 aromatic rings. The Labute approximate surface area is 260 Å². The highest BCUT2D eigenvalue weighted by molar-refractivity contribution is 9.10. The average molecular weight is 661 g/mol. The minimum absolute atomic E-state index is 0.221. The van der Waals surface area contributed by atoms with Gasteiger partial charge in [0.25, 0.3) is 0 Å². The zero-order valence-electron chi connectivity index (χ0n) is 23.7. The van der Waals surface area contributed by atoms with E-state index in [9.17, 15) is 8.78 Å². The van der Waals surface area contributed by atoms with Crippen molar-refractivity contribution in [2.45, 2.75) is 0 Å². The van der Waals surface area contributed by atoms with E-state index in [1.165, 1.54) is 22.9 Å². The molecule has 224 valence electrons. The van der Waals surface area contributed by atoms with E-state index in [1.807, 2.05) is 25.2 Å². The lowest BCUT2D eigenvalue weighted by molar-refractivity contribution is 0.421. The first-order valence-electron chi connectivity index (χ1n) is 13.1. The summed E-state index contributed by atoms with van der Waals surface area (Å²) >= 11 is 3.23. The number of benzene rings is 2. The molecule has 4 aromatic heterocycles. The summed E-state index contributed by atoms with van der Waals surface area (Å²) in [6.45, 7) is 0. The summed E-state index contributed by atoms with van der Waals surface area (Å²) in [7, 11) is 1.77. The van der Waals surface area contributed by atoms with Crippen LogP contribution in [-0.4, -0.2) is 46.7 Å². The van der Waals surface area contributed by atoms with E-state index in [0.717, 1.165) is 15.7 Å². The van der Waals surface area contributed by atoms with Crippen LogP contribution >= 0.6 is 15.9 Å². The molecule has 0 fully saturated rings. The van der Waals surface area contributed by atoms with Crippen molar-refractivity contribution in [3.05, 3.63) is 113 Å². The SMILES string of the molecule is Cn1nc(-c2ccccc2F)cc1-c1ccc(N)nc1.Cn1nc(-c2ccccc2F)cc1B(O)O.Nc1ccc(Br)cn1. The predicted octanol–water partition coefficient (Wildman–Crippen LogP) is 4.20. The van der Waals surface area contributed by atoms with Crippen LogP contribution in [0.4, 0.5) is 20.4 Å². The predicted molar refractivity (Wildman–Crippen MR) is 171 cm³/mol. The van der Waals surface area contributed by atoms with Crippen molar-refractivity contribution in [2.75, 3.05) is 11.5 Å². The molecule has 14 heteroatoms. The highest BCUT2D eigenvalue weighted by atomic mass is 79.9. The normalized spacial score (nSPS) is 10.3. The zero-order valence-corrected chi connectivity index (χ0v) is 25.3. The summed E-state index contributed by atoms with van der Waals surface area (Å²) in [5.74, 6) is 0.339. The molecule has 0 unspecified atom stereocenters. The van der Waals surface area contributed by atoms with Crippen LogP contribution in [0.5, 0.6) is 0 Å². The number of anilines is 2. The summed E-state index contributed by atoms with van der Waals surface area (Å²) in [6, 6.07) is 23.3. The number of pyridine rings is 2. The van der Waals surface area contributed by atoms with E-state index in [4.69, 9.17) is 21.5 Å². The average Bonchev–Trinajstić information content (AvgIpc) is 3.59. The molecular formula is C30H28BBrF2N8O2. The maximum Gasteiger partial charge on any atom is 0.507 e. The van der Waals surface area contributed by atoms with Gasteiger partial charge in [0.1, 0.15) is 23.3 Å². The Morgan fingerprint density at radius 2 is 1.23 bits per heavy atom. The van der Waals surface area contributed by atoms with Gasteiger partial charge >= 0.3 is 7.12 Å². The summed E-state index contributed by atoms with van der Waals surface area (Å²) < 4.78 is 31.2. The van der Waals surface area contributed by atoms with Crippen molar-refractivity contribution in [2.24, 2.45) is 14.1 Å². The van der Waals surface area contributed by atoms with Gasteiger partial charge in [-0.15, -0.1) is 0 Å². The molecule has 10 nitrogen and oxygen atoms in total. The second-order valence-corrected chi connectivity index (χ2v) is 10.2. The first-order chi connectivity index (χ1) is 21.0. The molecule has 0 aliphatic carbocycles. The lowest BCUT2D eigenvalue weighted by Crippen LogP contribution is -2.35. The standard InChI is InChI=1S/C15H13FN4.C10H10BFN2O2.C5H5BrN2/c1-20-14(10-6-7-15(17)18-9-10)8-13(19-20)11-4-2-3-5-12(11)16;1-14-10(11(15)16)6-9(13-14)7-4-2-3-5-8(7)12;6-4-1-2-5(7)8-3-4/h2-9H,1H3,(H2,17,18);2-6,15-16H,1H3;1-3H,(H2,7,8). The first kappa shape index (κ1) is 32.0. The molecule has 6 rings (SSSR count). The Hall–Kier alpha value is -4.92. The Morgan fingerprint density at radius 1 is 0.705 bits per heavy atom. The van der Waals surface area contributed by atoms with E-state index < -0.39 is 7.12 Å². The van der Waals surface area contributed by atoms with Gasteiger partial charge < -0.3 is 21.5 Å². The molecule has 44 heavy (non-hydrogen) atoms. The number of halogens is 3. The maximum absolute atomic E-state index is 13.8. The van der Waals surface area contributed by atoms with Gasteiger partial charge in [0.15, 0.2) is 0 Å². The second-order valence-electron chi connectivity index (χ2n) is 9.32. The summed E-state index contributed by atoms with van der Waals surface area (Å²) in [6.07, 6.45) is 3.34. The van der Waals surface area contributed by atoms with Crippen molar-refractivity contribution in [1.29, 1.82) is 0 Å². The summed E-state index contributed by atoms with van der Waals surface area (Å²) in [5.41, 5.74) is 14.6.